The lowest BCUT2D eigenvalue weighted by Gasteiger charge is -2.07. The Morgan fingerprint density at radius 1 is 1.29 bits per heavy atom. The predicted molar refractivity (Wildman–Crippen MR) is 84.5 cm³/mol. The van der Waals surface area contributed by atoms with Crippen LogP contribution in [-0.4, -0.2) is 13.0 Å². The number of halogens is 1. The van der Waals surface area contributed by atoms with Crippen LogP contribution >= 0.6 is 0 Å². The average molecular weight is 291 g/mol. The van der Waals surface area contributed by atoms with Gasteiger partial charge in [0.2, 0.25) is 0 Å². The summed E-state index contributed by atoms with van der Waals surface area (Å²) in [7, 11) is 1.53. The van der Waals surface area contributed by atoms with Crippen LogP contribution in [0.3, 0.4) is 0 Å². The highest BCUT2D eigenvalue weighted by molar-refractivity contribution is 5.95. The third kappa shape index (κ3) is 7.11. The summed E-state index contributed by atoms with van der Waals surface area (Å²) in [5, 5.41) is 2.47. The molecule has 0 aliphatic carbocycles. The quantitative estimate of drug-likeness (QED) is 0.506. The topological polar surface area (TPSA) is 38.3 Å². The molecule has 0 saturated carbocycles. The van der Waals surface area contributed by atoms with Gasteiger partial charge in [-0.1, -0.05) is 26.5 Å². The first-order chi connectivity index (χ1) is 10.1. The molecule has 1 aromatic rings. The minimum Gasteiger partial charge on any atom is -0.457 e. The lowest BCUT2D eigenvalue weighted by atomic mass is 10.2. The van der Waals surface area contributed by atoms with E-state index in [1.54, 1.807) is 12.2 Å². The highest BCUT2D eigenvalue weighted by Gasteiger charge is 2.04. The molecule has 0 atom stereocenters. The molecule has 0 bridgehead atoms. The largest absolute Gasteiger partial charge is 0.457 e. The number of allylic oxidation sites excluding steroid dienone is 2. The second kappa shape index (κ2) is 10.4. The molecule has 114 valence electrons. The number of carbonyl (C=O) groups is 1. The molecular weight excluding hydrogens is 269 g/mol. The van der Waals surface area contributed by atoms with Crippen LogP contribution in [0.5, 0.6) is 5.75 Å². The number of rotatable bonds is 5. The van der Waals surface area contributed by atoms with Crippen LogP contribution in [-0.2, 0) is 4.79 Å². The van der Waals surface area contributed by atoms with Crippen molar-refractivity contribution in [1.29, 1.82) is 0 Å². The summed E-state index contributed by atoms with van der Waals surface area (Å²) in [6.45, 7) is 9.46. The second-order valence-electron chi connectivity index (χ2n) is 3.71. The normalized spacial score (nSPS) is 10.6. The molecule has 0 aliphatic heterocycles. The van der Waals surface area contributed by atoms with E-state index in [1.807, 2.05) is 20.8 Å². The summed E-state index contributed by atoms with van der Waals surface area (Å²) in [5.74, 6) is 0.307. The Hall–Kier alpha value is -2.36. The van der Waals surface area contributed by atoms with E-state index >= 15 is 0 Å². The minimum atomic E-state index is -0.335. The molecule has 0 aromatic heterocycles. The van der Waals surface area contributed by atoms with E-state index in [1.165, 1.54) is 37.4 Å². The number of hydrogen-bond acceptors (Lipinski definition) is 2. The van der Waals surface area contributed by atoms with E-state index in [4.69, 9.17) is 4.74 Å². The lowest BCUT2D eigenvalue weighted by molar-refractivity contribution is -0.116. The van der Waals surface area contributed by atoms with Crippen LogP contribution < -0.4 is 10.1 Å². The number of likely N-dealkylation sites (N-methyl/N-ethyl adjacent to an activating group) is 1. The highest BCUT2D eigenvalue weighted by atomic mass is 19.1. The third-order valence-electron chi connectivity index (χ3n) is 2.22. The fourth-order valence-corrected chi connectivity index (χ4v) is 1.31. The fourth-order valence-electron chi connectivity index (χ4n) is 1.31. The van der Waals surface area contributed by atoms with E-state index in [2.05, 4.69) is 11.9 Å². The number of carbonyl (C=O) groups excluding carboxylic acids is 1. The maximum Gasteiger partial charge on any atom is 0.250 e. The first kappa shape index (κ1) is 18.6. The van der Waals surface area contributed by atoms with Crippen molar-refractivity contribution < 1.29 is 13.9 Å². The van der Waals surface area contributed by atoms with Gasteiger partial charge in [-0.25, -0.2) is 4.39 Å². The number of hydrogen-bond donors (Lipinski definition) is 1. The Labute approximate surface area is 125 Å². The fraction of sp³-hybridized carbons (Fsp3) is 0.235. The zero-order valence-electron chi connectivity index (χ0n) is 12.9. The van der Waals surface area contributed by atoms with E-state index in [-0.39, 0.29) is 17.3 Å². The molecule has 3 nitrogen and oxygen atoms in total. The summed E-state index contributed by atoms with van der Waals surface area (Å²) < 4.78 is 18.3. The van der Waals surface area contributed by atoms with Crippen molar-refractivity contribution in [3.63, 3.8) is 0 Å². The Balaban J connectivity index is 0.00000191. The number of amides is 1. The SMILES string of the molecule is C=C(/C=C(\C=C/C)Oc1ccc(F)cc1)C(=O)NC.CC. The molecule has 1 amide bonds. The Bertz CT molecular complexity index is 516. The summed E-state index contributed by atoms with van der Waals surface area (Å²) in [6, 6.07) is 5.62. The van der Waals surface area contributed by atoms with E-state index in [0.717, 1.165) is 0 Å². The van der Waals surface area contributed by atoms with Crippen molar-refractivity contribution >= 4 is 5.91 Å². The molecule has 4 heteroatoms. The van der Waals surface area contributed by atoms with Crippen molar-refractivity contribution in [2.45, 2.75) is 20.8 Å². The van der Waals surface area contributed by atoms with Gasteiger partial charge in [0.15, 0.2) is 0 Å². The van der Waals surface area contributed by atoms with Gasteiger partial charge in [0, 0.05) is 12.6 Å². The van der Waals surface area contributed by atoms with Gasteiger partial charge < -0.3 is 10.1 Å². The first-order valence-electron chi connectivity index (χ1n) is 6.75. The summed E-state index contributed by atoms with van der Waals surface area (Å²) >= 11 is 0. The van der Waals surface area contributed by atoms with Crippen molar-refractivity contribution in [2.24, 2.45) is 0 Å². The van der Waals surface area contributed by atoms with Crippen LogP contribution in [0.2, 0.25) is 0 Å². The number of benzene rings is 1. The van der Waals surface area contributed by atoms with Crippen LogP contribution in [0.15, 0.2) is 60.4 Å². The molecule has 0 spiro atoms. The Kier molecular flexibility index (Phi) is 9.26. The van der Waals surface area contributed by atoms with Gasteiger partial charge in [0.05, 0.1) is 0 Å². The van der Waals surface area contributed by atoms with Crippen LogP contribution in [0, 0.1) is 5.82 Å². The Morgan fingerprint density at radius 2 is 1.86 bits per heavy atom. The molecule has 0 fully saturated rings. The molecule has 0 saturated heterocycles. The Morgan fingerprint density at radius 3 is 2.33 bits per heavy atom. The van der Waals surface area contributed by atoms with Gasteiger partial charge in [0.25, 0.3) is 5.91 Å². The standard InChI is InChI=1S/C15H16FNO2.C2H6/c1-4-5-14(10-11(2)15(18)17-3)19-13-8-6-12(16)7-9-13;1-2/h4-10H,2H2,1,3H3,(H,17,18);1-2H3/b5-4-,14-10+;. The zero-order chi connectivity index (χ0) is 16.3. The average Bonchev–Trinajstić information content (AvgIpc) is 2.51. The monoisotopic (exact) mass is 291 g/mol. The third-order valence-corrected chi connectivity index (χ3v) is 2.22. The molecule has 21 heavy (non-hydrogen) atoms. The highest BCUT2D eigenvalue weighted by Crippen LogP contribution is 2.16. The van der Waals surface area contributed by atoms with Crippen molar-refractivity contribution in [1.82, 2.24) is 5.32 Å². The van der Waals surface area contributed by atoms with Crippen LogP contribution in [0.1, 0.15) is 20.8 Å². The maximum atomic E-state index is 12.8. The van der Waals surface area contributed by atoms with Gasteiger partial charge in [0.1, 0.15) is 17.3 Å². The van der Waals surface area contributed by atoms with E-state index < -0.39 is 0 Å². The lowest BCUT2D eigenvalue weighted by Crippen LogP contribution is -2.18. The van der Waals surface area contributed by atoms with Gasteiger partial charge in [-0.15, -0.1) is 0 Å². The summed E-state index contributed by atoms with van der Waals surface area (Å²) in [4.78, 5) is 11.4. The molecular formula is C17H22FNO2. The van der Waals surface area contributed by atoms with Gasteiger partial charge in [-0.05, 0) is 43.3 Å². The van der Waals surface area contributed by atoms with Crippen LogP contribution in [0.25, 0.3) is 0 Å². The molecule has 0 radical (unpaired) electrons. The molecule has 0 heterocycles. The van der Waals surface area contributed by atoms with Crippen molar-refractivity contribution in [2.75, 3.05) is 7.05 Å². The summed E-state index contributed by atoms with van der Waals surface area (Å²) in [5.41, 5.74) is 0.276. The van der Waals surface area contributed by atoms with Crippen LogP contribution in [0.4, 0.5) is 4.39 Å². The smallest absolute Gasteiger partial charge is 0.250 e. The first-order valence-corrected chi connectivity index (χ1v) is 6.75. The molecule has 1 N–H and O–H groups in total. The molecule has 0 unspecified atom stereocenters. The number of nitrogens with one attached hydrogen (secondary N) is 1. The minimum absolute atomic E-state index is 0.276. The van der Waals surface area contributed by atoms with E-state index in [9.17, 15) is 9.18 Å². The van der Waals surface area contributed by atoms with Gasteiger partial charge in [-0.3, -0.25) is 4.79 Å². The second-order valence-corrected chi connectivity index (χ2v) is 3.71. The number of ether oxygens (including phenoxy) is 1. The molecule has 0 aliphatic rings. The van der Waals surface area contributed by atoms with Gasteiger partial charge >= 0.3 is 0 Å². The molecule has 1 rings (SSSR count). The van der Waals surface area contributed by atoms with Crippen molar-refractivity contribution in [3.8, 4) is 5.75 Å². The zero-order valence-corrected chi connectivity index (χ0v) is 12.9. The van der Waals surface area contributed by atoms with Crippen molar-refractivity contribution in [3.05, 3.63) is 66.2 Å². The van der Waals surface area contributed by atoms with Gasteiger partial charge in [-0.2, -0.15) is 0 Å². The summed E-state index contributed by atoms with van der Waals surface area (Å²) in [6.07, 6.45) is 4.98. The molecule has 1 aromatic carbocycles. The van der Waals surface area contributed by atoms with E-state index in [0.29, 0.717) is 11.5 Å². The predicted octanol–water partition coefficient (Wildman–Crippen LogP) is 3.99. The maximum absolute atomic E-state index is 12.8.